The summed E-state index contributed by atoms with van der Waals surface area (Å²) < 4.78 is 55.2. The Kier molecular flexibility index (Phi) is 6.94. The second kappa shape index (κ2) is 10.2. The van der Waals surface area contributed by atoms with Crippen LogP contribution < -0.4 is 10.6 Å². The number of aryl methyl sites for hydroxylation is 1. The zero-order chi connectivity index (χ0) is 29.1. The summed E-state index contributed by atoms with van der Waals surface area (Å²) in [6.07, 6.45) is -1.01. The van der Waals surface area contributed by atoms with Gasteiger partial charge in [-0.25, -0.2) is 14.4 Å². The zero-order valence-electron chi connectivity index (χ0n) is 23.2. The second-order valence-electron chi connectivity index (χ2n) is 11.8. The van der Waals surface area contributed by atoms with Gasteiger partial charge in [0.25, 0.3) is 0 Å². The lowest BCUT2D eigenvalue weighted by Crippen LogP contribution is -2.58. The van der Waals surface area contributed by atoms with Gasteiger partial charge in [-0.3, -0.25) is 9.59 Å². The lowest BCUT2D eigenvalue weighted by atomic mass is 9.76. The number of benzene rings is 1. The molecule has 220 valence electrons. The molecule has 1 aromatic carbocycles. The summed E-state index contributed by atoms with van der Waals surface area (Å²) in [5, 5.41) is 6.48. The molecule has 2 atom stereocenters. The molecule has 6 rings (SSSR count). The van der Waals surface area contributed by atoms with Crippen molar-refractivity contribution in [1.82, 2.24) is 25.1 Å². The van der Waals surface area contributed by atoms with E-state index in [1.807, 2.05) is 9.80 Å². The molecule has 0 radical (unpaired) electrons. The zero-order valence-corrected chi connectivity index (χ0v) is 23.2. The highest BCUT2D eigenvalue weighted by molar-refractivity contribution is 5.91. The maximum Gasteiger partial charge on any atom is 0.419 e. The van der Waals surface area contributed by atoms with E-state index in [0.29, 0.717) is 68.3 Å². The van der Waals surface area contributed by atoms with E-state index >= 15 is 0 Å². The van der Waals surface area contributed by atoms with Gasteiger partial charge in [-0.2, -0.15) is 13.2 Å². The van der Waals surface area contributed by atoms with Gasteiger partial charge in [0.05, 0.1) is 23.8 Å². The Morgan fingerprint density at radius 3 is 2.54 bits per heavy atom. The molecule has 0 bridgehead atoms. The highest BCUT2D eigenvalue weighted by Gasteiger charge is 2.53. The number of aromatic nitrogens is 2. The average Bonchev–Trinajstić information content (AvgIpc) is 3.67. The van der Waals surface area contributed by atoms with E-state index in [9.17, 15) is 27.2 Å². The van der Waals surface area contributed by atoms with Crippen molar-refractivity contribution in [3.8, 4) is 0 Å². The number of nitrogens with zero attached hydrogens (tertiary/aromatic N) is 4. The fraction of sp³-hybridized carbons (Fsp3) is 0.586. The summed E-state index contributed by atoms with van der Waals surface area (Å²) in [5.74, 6) is -0.144. The number of anilines is 1. The minimum atomic E-state index is -4.81. The van der Waals surface area contributed by atoms with Crippen LogP contribution >= 0.6 is 0 Å². The standard InChI is InChI=1S/C29H34F4N6O2/c1-16(20-4-3-5-22(23(20)30)29(31,32)33)35-25-21-14-39(19-8-12-38(13-9-19)26(40)18-6-7-18)27(41)28(10-11-34-15-28)24(21)36-17(2)37-25/h3-5,16,18-19,34H,6-15H2,1-2H3,(H,35,36,37)/t16-,28?/m1/s1. The van der Waals surface area contributed by atoms with E-state index in [2.05, 4.69) is 15.6 Å². The molecular formula is C29H34F4N6O2. The summed E-state index contributed by atoms with van der Waals surface area (Å²) in [7, 11) is 0. The number of hydrogen-bond donors (Lipinski definition) is 2. The Labute approximate surface area is 235 Å². The Hall–Kier alpha value is -3.28. The highest BCUT2D eigenvalue weighted by atomic mass is 19.4. The van der Waals surface area contributed by atoms with Crippen LogP contribution in [0.15, 0.2) is 18.2 Å². The maximum absolute atomic E-state index is 15.0. The van der Waals surface area contributed by atoms with Crippen molar-refractivity contribution in [1.29, 1.82) is 0 Å². The largest absolute Gasteiger partial charge is 0.419 e. The number of hydrogen-bond acceptors (Lipinski definition) is 6. The summed E-state index contributed by atoms with van der Waals surface area (Å²) in [4.78, 5) is 39.9. The monoisotopic (exact) mass is 574 g/mol. The topological polar surface area (TPSA) is 90.5 Å². The van der Waals surface area contributed by atoms with Crippen molar-refractivity contribution < 1.29 is 27.2 Å². The molecule has 1 aromatic heterocycles. The summed E-state index contributed by atoms with van der Waals surface area (Å²) in [5.41, 5.74) is -1.00. The first-order valence-electron chi connectivity index (χ1n) is 14.3. The first kappa shape index (κ1) is 27.9. The lowest BCUT2D eigenvalue weighted by Gasteiger charge is -2.46. The van der Waals surface area contributed by atoms with Crippen LogP contribution in [-0.2, 0) is 27.7 Å². The number of carbonyl (C=O) groups excluding carboxylic acids is 2. The first-order valence-corrected chi connectivity index (χ1v) is 14.3. The van der Waals surface area contributed by atoms with Crippen LogP contribution in [-0.4, -0.2) is 63.8 Å². The van der Waals surface area contributed by atoms with E-state index in [1.165, 1.54) is 12.1 Å². The predicted octanol–water partition coefficient (Wildman–Crippen LogP) is 4.09. The lowest BCUT2D eigenvalue weighted by molar-refractivity contribution is -0.144. The molecule has 1 unspecified atom stereocenters. The number of alkyl halides is 3. The molecule has 1 saturated carbocycles. The van der Waals surface area contributed by atoms with Crippen molar-refractivity contribution in [2.24, 2.45) is 5.92 Å². The Morgan fingerprint density at radius 1 is 1.17 bits per heavy atom. The number of piperidine rings is 1. The van der Waals surface area contributed by atoms with Crippen molar-refractivity contribution >= 4 is 17.6 Å². The molecule has 1 aliphatic carbocycles. The van der Waals surface area contributed by atoms with Gasteiger partial charge in [-0.1, -0.05) is 12.1 Å². The van der Waals surface area contributed by atoms with E-state index in [-0.39, 0.29) is 35.9 Å². The molecular weight excluding hydrogens is 540 g/mol. The number of likely N-dealkylation sites (tertiary alicyclic amines) is 1. The summed E-state index contributed by atoms with van der Waals surface area (Å²) in [6, 6.07) is 2.35. The quantitative estimate of drug-likeness (QED) is 0.523. The van der Waals surface area contributed by atoms with Crippen LogP contribution in [0.25, 0.3) is 0 Å². The molecule has 2 saturated heterocycles. The van der Waals surface area contributed by atoms with Gasteiger partial charge in [0.1, 0.15) is 22.9 Å². The highest BCUT2D eigenvalue weighted by Crippen LogP contribution is 2.43. The third-order valence-electron chi connectivity index (χ3n) is 9.02. The van der Waals surface area contributed by atoms with Crippen LogP contribution in [0.2, 0.25) is 0 Å². The molecule has 4 heterocycles. The van der Waals surface area contributed by atoms with Gasteiger partial charge in [0, 0.05) is 42.7 Å². The van der Waals surface area contributed by atoms with E-state index in [1.54, 1.807) is 13.8 Å². The van der Waals surface area contributed by atoms with Crippen LogP contribution in [0, 0.1) is 18.7 Å². The number of amides is 2. The van der Waals surface area contributed by atoms with Gasteiger partial charge in [0.2, 0.25) is 11.8 Å². The molecule has 3 aliphatic heterocycles. The normalized spacial score (nSPS) is 24.1. The number of halogens is 4. The number of carbonyl (C=O) groups is 2. The molecule has 41 heavy (non-hydrogen) atoms. The molecule has 8 nitrogen and oxygen atoms in total. The Bertz CT molecular complexity index is 1360. The van der Waals surface area contributed by atoms with Crippen LogP contribution in [0.4, 0.5) is 23.4 Å². The molecule has 3 fully saturated rings. The summed E-state index contributed by atoms with van der Waals surface area (Å²) in [6.45, 7) is 5.80. The number of fused-ring (bicyclic) bond motifs is 2. The average molecular weight is 575 g/mol. The van der Waals surface area contributed by atoms with Crippen LogP contribution in [0.1, 0.15) is 73.3 Å². The molecule has 2 aromatic rings. The van der Waals surface area contributed by atoms with Gasteiger partial charge < -0.3 is 20.4 Å². The van der Waals surface area contributed by atoms with Crippen molar-refractivity contribution in [3.05, 3.63) is 52.2 Å². The molecule has 12 heteroatoms. The smallest absolute Gasteiger partial charge is 0.363 e. The van der Waals surface area contributed by atoms with Gasteiger partial charge in [-0.15, -0.1) is 0 Å². The second-order valence-corrected chi connectivity index (χ2v) is 11.8. The van der Waals surface area contributed by atoms with Gasteiger partial charge >= 0.3 is 6.18 Å². The van der Waals surface area contributed by atoms with Crippen molar-refractivity contribution in [3.63, 3.8) is 0 Å². The van der Waals surface area contributed by atoms with Gasteiger partial charge in [0.15, 0.2) is 0 Å². The van der Waals surface area contributed by atoms with Crippen molar-refractivity contribution in [2.45, 2.75) is 76.2 Å². The van der Waals surface area contributed by atoms with Crippen LogP contribution in [0.5, 0.6) is 0 Å². The minimum absolute atomic E-state index is 0.00277. The first-order chi connectivity index (χ1) is 19.5. The third-order valence-corrected chi connectivity index (χ3v) is 9.02. The van der Waals surface area contributed by atoms with E-state index in [0.717, 1.165) is 18.9 Å². The third kappa shape index (κ3) is 4.93. The van der Waals surface area contributed by atoms with E-state index < -0.39 is 29.0 Å². The molecule has 2 N–H and O–H groups in total. The predicted molar refractivity (Wildman–Crippen MR) is 142 cm³/mol. The Balaban J connectivity index is 1.32. The van der Waals surface area contributed by atoms with Crippen molar-refractivity contribution in [2.75, 3.05) is 31.5 Å². The molecule has 2 amide bonds. The van der Waals surface area contributed by atoms with E-state index in [4.69, 9.17) is 4.98 Å². The van der Waals surface area contributed by atoms with Crippen LogP contribution in [0.3, 0.4) is 0 Å². The summed E-state index contributed by atoms with van der Waals surface area (Å²) >= 11 is 0. The number of rotatable bonds is 5. The fourth-order valence-electron chi connectivity index (χ4n) is 6.62. The molecule has 1 spiro atoms. The SMILES string of the molecule is Cc1nc(N[C@H](C)c2cccc(C(F)(F)F)c2F)c2c(n1)C1(CCNC1)C(=O)N(C1CCN(C(=O)C3CC3)CC1)C2. The Morgan fingerprint density at radius 2 is 1.90 bits per heavy atom. The fourth-order valence-corrected chi connectivity index (χ4v) is 6.62. The van der Waals surface area contributed by atoms with Gasteiger partial charge in [-0.05, 0) is 58.6 Å². The number of nitrogens with one attached hydrogen (secondary N) is 2. The maximum atomic E-state index is 15.0. The minimum Gasteiger partial charge on any atom is -0.363 e. The molecule has 4 aliphatic rings.